The first-order valence-electron chi connectivity index (χ1n) is 7.02. The minimum absolute atomic E-state index is 0.0978. The Bertz CT molecular complexity index is 374. The Balaban J connectivity index is 1.97. The molecular formula is C13H22N2O5. The van der Waals surface area contributed by atoms with E-state index in [9.17, 15) is 14.7 Å². The molecule has 2 N–H and O–H groups in total. The molecule has 2 saturated heterocycles. The summed E-state index contributed by atoms with van der Waals surface area (Å²) in [7, 11) is 0. The number of nitrogens with zero attached hydrogens (tertiary/aromatic N) is 2. The summed E-state index contributed by atoms with van der Waals surface area (Å²) in [4.78, 5) is 26.6. The van der Waals surface area contributed by atoms with Crippen LogP contribution >= 0.6 is 0 Å². The molecule has 114 valence electrons. The molecule has 0 bridgehead atoms. The summed E-state index contributed by atoms with van der Waals surface area (Å²) in [6.45, 7) is 4.02. The number of carboxylic acids is 1. The van der Waals surface area contributed by atoms with Gasteiger partial charge in [0.15, 0.2) is 0 Å². The maximum Gasteiger partial charge on any atom is 0.320 e. The number of amides is 2. The molecule has 3 unspecified atom stereocenters. The van der Waals surface area contributed by atoms with Gasteiger partial charge in [-0.25, -0.2) is 4.79 Å². The van der Waals surface area contributed by atoms with Crippen molar-refractivity contribution in [1.29, 1.82) is 0 Å². The predicted molar refractivity (Wildman–Crippen MR) is 70.3 cm³/mol. The number of ether oxygens (including phenoxy) is 1. The van der Waals surface area contributed by atoms with Crippen molar-refractivity contribution in [1.82, 2.24) is 9.80 Å². The molecule has 2 amide bonds. The molecule has 0 spiro atoms. The van der Waals surface area contributed by atoms with Crippen LogP contribution in [0, 0.1) is 5.92 Å². The third-order valence-electron chi connectivity index (χ3n) is 4.06. The predicted octanol–water partition coefficient (Wildman–Crippen LogP) is -0.0154. The third-order valence-corrected chi connectivity index (χ3v) is 4.06. The first-order chi connectivity index (χ1) is 9.49. The van der Waals surface area contributed by atoms with Crippen LogP contribution in [0.2, 0.25) is 0 Å². The van der Waals surface area contributed by atoms with Gasteiger partial charge in [0, 0.05) is 25.6 Å². The molecule has 0 aliphatic carbocycles. The summed E-state index contributed by atoms with van der Waals surface area (Å²) in [5, 5.41) is 18.5. The Labute approximate surface area is 118 Å². The molecule has 0 aromatic heterocycles. The van der Waals surface area contributed by atoms with Gasteiger partial charge in [0.25, 0.3) is 0 Å². The average molecular weight is 286 g/mol. The molecule has 0 saturated carbocycles. The van der Waals surface area contributed by atoms with Gasteiger partial charge in [-0.1, -0.05) is 0 Å². The van der Waals surface area contributed by atoms with E-state index < -0.39 is 18.1 Å². The van der Waals surface area contributed by atoms with Crippen molar-refractivity contribution in [3.05, 3.63) is 0 Å². The zero-order valence-electron chi connectivity index (χ0n) is 11.7. The molecule has 2 aliphatic rings. The zero-order chi connectivity index (χ0) is 14.7. The van der Waals surface area contributed by atoms with E-state index in [-0.39, 0.29) is 25.0 Å². The van der Waals surface area contributed by atoms with E-state index in [1.807, 2.05) is 0 Å². The minimum Gasteiger partial charge on any atom is -0.481 e. The molecule has 7 heteroatoms. The molecule has 0 aromatic carbocycles. The summed E-state index contributed by atoms with van der Waals surface area (Å²) >= 11 is 0. The lowest BCUT2D eigenvalue weighted by Gasteiger charge is -2.37. The van der Waals surface area contributed by atoms with Gasteiger partial charge in [0.1, 0.15) is 0 Å². The molecule has 2 aliphatic heterocycles. The van der Waals surface area contributed by atoms with E-state index in [1.54, 1.807) is 16.7 Å². The van der Waals surface area contributed by atoms with Gasteiger partial charge >= 0.3 is 12.0 Å². The maximum absolute atomic E-state index is 12.5. The van der Waals surface area contributed by atoms with E-state index in [4.69, 9.17) is 9.84 Å². The van der Waals surface area contributed by atoms with Crippen LogP contribution in [-0.2, 0) is 9.53 Å². The Morgan fingerprint density at radius 3 is 2.75 bits per heavy atom. The smallest absolute Gasteiger partial charge is 0.320 e. The van der Waals surface area contributed by atoms with Crippen LogP contribution in [-0.4, -0.2) is 77.0 Å². The molecule has 7 nitrogen and oxygen atoms in total. The standard InChI is InChI=1S/C13H22N2O5/c1-9(16)10-2-3-14(7-10)13(19)15-4-5-20-8-11(15)6-12(17)18/h9-11,16H,2-8H2,1H3,(H,17,18). The number of aliphatic carboxylic acids is 1. The van der Waals surface area contributed by atoms with Crippen LogP contribution in [0.1, 0.15) is 19.8 Å². The van der Waals surface area contributed by atoms with Gasteiger partial charge in [-0.2, -0.15) is 0 Å². The molecule has 0 radical (unpaired) electrons. The highest BCUT2D eigenvalue weighted by molar-refractivity contribution is 5.76. The summed E-state index contributed by atoms with van der Waals surface area (Å²) in [6, 6.07) is -0.540. The Hall–Kier alpha value is -1.34. The van der Waals surface area contributed by atoms with Gasteiger partial charge in [-0.15, -0.1) is 0 Å². The highest BCUT2D eigenvalue weighted by atomic mass is 16.5. The van der Waals surface area contributed by atoms with Crippen LogP contribution < -0.4 is 0 Å². The quantitative estimate of drug-likeness (QED) is 0.761. The molecule has 0 aromatic rings. The van der Waals surface area contributed by atoms with Gasteiger partial charge in [0.05, 0.1) is 31.8 Å². The van der Waals surface area contributed by atoms with Crippen LogP contribution in [0.25, 0.3) is 0 Å². The average Bonchev–Trinajstić information content (AvgIpc) is 2.87. The van der Waals surface area contributed by atoms with Gasteiger partial charge in [0.2, 0.25) is 0 Å². The Kier molecular flexibility index (Phi) is 4.82. The second-order valence-corrected chi connectivity index (χ2v) is 5.54. The summed E-state index contributed by atoms with van der Waals surface area (Å²) in [5.41, 5.74) is 0. The maximum atomic E-state index is 12.5. The summed E-state index contributed by atoms with van der Waals surface area (Å²) in [6.07, 6.45) is 0.267. The first kappa shape index (κ1) is 15.1. The number of likely N-dealkylation sites (tertiary alicyclic amines) is 1. The van der Waals surface area contributed by atoms with Crippen molar-refractivity contribution in [2.75, 3.05) is 32.8 Å². The van der Waals surface area contributed by atoms with Gasteiger partial charge < -0.3 is 24.7 Å². The van der Waals surface area contributed by atoms with Crippen molar-refractivity contribution in [3.63, 3.8) is 0 Å². The first-order valence-corrected chi connectivity index (χ1v) is 7.02. The molecule has 3 atom stereocenters. The SMILES string of the molecule is CC(O)C1CCN(C(=O)N2CCOCC2CC(=O)O)C1. The van der Waals surface area contributed by atoms with Crippen molar-refractivity contribution >= 4 is 12.0 Å². The van der Waals surface area contributed by atoms with Crippen LogP contribution in [0.4, 0.5) is 4.79 Å². The fourth-order valence-electron chi connectivity index (χ4n) is 2.81. The number of hydrogen-bond acceptors (Lipinski definition) is 4. The Morgan fingerprint density at radius 1 is 1.40 bits per heavy atom. The molecule has 2 rings (SSSR count). The second kappa shape index (κ2) is 6.41. The van der Waals surface area contributed by atoms with E-state index >= 15 is 0 Å². The highest BCUT2D eigenvalue weighted by Gasteiger charge is 2.36. The largest absolute Gasteiger partial charge is 0.481 e. The number of carboxylic acid groups (broad SMARTS) is 1. The normalized spacial score (nSPS) is 28.5. The van der Waals surface area contributed by atoms with Crippen molar-refractivity contribution < 1.29 is 24.5 Å². The number of carbonyl (C=O) groups excluding carboxylic acids is 1. The number of aliphatic hydroxyl groups excluding tert-OH is 1. The monoisotopic (exact) mass is 286 g/mol. The third kappa shape index (κ3) is 3.40. The fraction of sp³-hybridized carbons (Fsp3) is 0.846. The topological polar surface area (TPSA) is 90.3 Å². The minimum atomic E-state index is -0.929. The van der Waals surface area contributed by atoms with Crippen molar-refractivity contribution in [2.24, 2.45) is 5.92 Å². The molecule has 2 fully saturated rings. The number of urea groups is 1. The van der Waals surface area contributed by atoms with Crippen LogP contribution in [0.5, 0.6) is 0 Å². The lowest BCUT2D eigenvalue weighted by molar-refractivity contribution is -0.139. The van der Waals surface area contributed by atoms with E-state index in [0.717, 1.165) is 6.42 Å². The summed E-state index contributed by atoms with van der Waals surface area (Å²) in [5.74, 6) is -0.820. The highest BCUT2D eigenvalue weighted by Crippen LogP contribution is 2.22. The molecule has 20 heavy (non-hydrogen) atoms. The van der Waals surface area contributed by atoms with Gasteiger partial charge in [-0.05, 0) is 13.3 Å². The number of hydrogen-bond donors (Lipinski definition) is 2. The second-order valence-electron chi connectivity index (χ2n) is 5.54. The van der Waals surface area contributed by atoms with E-state index in [2.05, 4.69) is 0 Å². The fourth-order valence-corrected chi connectivity index (χ4v) is 2.81. The lowest BCUT2D eigenvalue weighted by atomic mass is 10.0. The van der Waals surface area contributed by atoms with E-state index in [1.165, 1.54) is 0 Å². The Morgan fingerprint density at radius 2 is 2.15 bits per heavy atom. The lowest BCUT2D eigenvalue weighted by Crippen LogP contribution is -2.53. The van der Waals surface area contributed by atoms with Crippen LogP contribution in [0.3, 0.4) is 0 Å². The van der Waals surface area contributed by atoms with Gasteiger partial charge in [-0.3, -0.25) is 4.79 Å². The number of aliphatic hydroxyl groups is 1. The summed E-state index contributed by atoms with van der Waals surface area (Å²) < 4.78 is 5.27. The zero-order valence-corrected chi connectivity index (χ0v) is 11.7. The van der Waals surface area contributed by atoms with E-state index in [0.29, 0.717) is 26.2 Å². The number of rotatable bonds is 3. The van der Waals surface area contributed by atoms with Crippen molar-refractivity contribution in [2.45, 2.75) is 31.9 Å². The molecule has 2 heterocycles. The molecular weight excluding hydrogens is 264 g/mol. The number of carbonyl (C=O) groups is 2. The van der Waals surface area contributed by atoms with Crippen LogP contribution in [0.15, 0.2) is 0 Å². The number of morpholine rings is 1. The van der Waals surface area contributed by atoms with Crippen molar-refractivity contribution in [3.8, 4) is 0 Å².